The van der Waals surface area contributed by atoms with Gasteiger partial charge in [0.1, 0.15) is 53.1 Å². The first-order valence-electron chi connectivity index (χ1n) is 31.9. The van der Waals surface area contributed by atoms with Crippen LogP contribution in [0.3, 0.4) is 0 Å². The van der Waals surface area contributed by atoms with E-state index >= 15 is 8.78 Å². The summed E-state index contributed by atoms with van der Waals surface area (Å²) in [6.45, 7) is 19.6. The molecule has 9 heterocycles. The van der Waals surface area contributed by atoms with Crippen LogP contribution in [0.1, 0.15) is 116 Å². The van der Waals surface area contributed by atoms with Crippen LogP contribution in [0.15, 0.2) is 53.5 Å². The van der Waals surface area contributed by atoms with Gasteiger partial charge >= 0.3 is 17.8 Å². The van der Waals surface area contributed by atoms with Crippen molar-refractivity contribution >= 4 is 62.5 Å². The molecule has 1 N–H and O–H groups in total. The van der Waals surface area contributed by atoms with Crippen LogP contribution in [0.4, 0.5) is 25.1 Å². The van der Waals surface area contributed by atoms with Gasteiger partial charge in [0.25, 0.3) is 0 Å². The number of aromatic nitrogens is 5. The molecular weight excluding hydrogens is 1140 g/mol. The van der Waals surface area contributed by atoms with Gasteiger partial charge in [0.15, 0.2) is 12.6 Å². The fourth-order valence-electron chi connectivity index (χ4n) is 15.3. The van der Waals surface area contributed by atoms with Gasteiger partial charge in [0, 0.05) is 121 Å². The second kappa shape index (κ2) is 25.4. The van der Waals surface area contributed by atoms with E-state index in [4.69, 9.17) is 40.3 Å². The first kappa shape index (κ1) is 61.8. The Morgan fingerprint density at radius 1 is 0.876 bits per heavy atom. The Morgan fingerprint density at radius 3 is 2.30 bits per heavy atom. The summed E-state index contributed by atoms with van der Waals surface area (Å²) in [5, 5.41) is 3.90. The minimum absolute atomic E-state index is 0.00800. The summed E-state index contributed by atoms with van der Waals surface area (Å²) in [7, 11) is 3.05. The highest BCUT2D eigenvalue weighted by molar-refractivity contribution is 6.03. The molecule has 0 radical (unpaired) electrons. The van der Waals surface area contributed by atoms with Crippen LogP contribution in [0, 0.1) is 29.9 Å². The van der Waals surface area contributed by atoms with Crippen molar-refractivity contribution in [2.45, 2.75) is 140 Å². The number of aldehydes is 1. The maximum atomic E-state index is 17.9. The van der Waals surface area contributed by atoms with Crippen LogP contribution in [-0.2, 0) is 19.1 Å². The Bertz CT molecular complexity index is 3740. The van der Waals surface area contributed by atoms with E-state index in [2.05, 4.69) is 47.9 Å². The number of benzene rings is 3. The molecule has 2 bridgehead atoms. The minimum Gasteiger partial charge on any atom is -0.468 e. The molecule has 12 rings (SSSR count). The largest absolute Gasteiger partial charge is 0.468 e. The van der Waals surface area contributed by atoms with Gasteiger partial charge in [-0.25, -0.2) is 18.4 Å². The van der Waals surface area contributed by atoms with Gasteiger partial charge in [-0.3, -0.25) is 33.6 Å². The number of piperidine rings is 1. The third-order valence-electron chi connectivity index (χ3n) is 19.6. The van der Waals surface area contributed by atoms with Gasteiger partial charge in [0.2, 0.25) is 5.91 Å². The number of anilines is 2. The normalized spacial score (nSPS) is 22.3. The first-order chi connectivity index (χ1) is 42.9. The predicted octanol–water partition coefficient (Wildman–Crippen LogP) is 8.55. The number of nitrogens with one attached hydrogen (secondary N) is 1. The Hall–Kier alpha value is -7.45. The van der Waals surface area contributed by atoms with Gasteiger partial charge in [-0.05, 0) is 147 Å². The van der Waals surface area contributed by atoms with E-state index in [1.807, 2.05) is 45.6 Å². The van der Waals surface area contributed by atoms with E-state index in [-0.39, 0.29) is 89.3 Å². The Labute approximate surface area is 518 Å². The van der Waals surface area contributed by atoms with Crippen molar-refractivity contribution in [1.82, 2.24) is 49.0 Å². The summed E-state index contributed by atoms with van der Waals surface area (Å²) in [5.74, 6) is 2.20. The third-order valence-corrected chi connectivity index (χ3v) is 19.6. The maximum absolute atomic E-state index is 17.9. The van der Waals surface area contributed by atoms with Gasteiger partial charge in [-0.2, -0.15) is 9.97 Å². The van der Waals surface area contributed by atoms with Crippen LogP contribution < -0.4 is 30.3 Å². The second-order valence-electron chi connectivity index (χ2n) is 26.6. The maximum Gasteiger partial charge on any atom is 0.410 e. The third kappa shape index (κ3) is 12.1. The van der Waals surface area contributed by atoms with Crippen LogP contribution in [-0.4, -0.2) is 191 Å². The van der Waals surface area contributed by atoms with E-state index in [1.54, 1.807) is 40.6 Å². The summed E-state index contributed by atoms with van der Waals surface area (Å²) in [6, 6.07) is 11.4. The van der Waals surface area contributed by atoms with Crippen molar-refractivity contribution in [3.8, 4) is 35.4 Å². The number of methoxy groups -OCH3 is 1. The van der Waals surface area contributed by atoms with Crippen LogP contribution >= 0.6 is 0 Å². The van der Waals surface area contributed by atoms with E-state index < -0.39 is 23.3 Å². The molecule has 6 aliphatic heterocycles. The zero-order chi connectivity index (χ0) is 62.5. The van der Waals surface area contributed by atoms with Gasteiger partial charge in [0.05, 0.1) is 39.6 Å². The summed E-state index contributed by atoms with van der Waals surface area (Å²) in [4.78, 5) is 80.9. The predicted molar refractivity (Wildman–Crippen MR) is 338 cm³/mol. The molecule has 5 unspecified atom stereocenters. The number of rotatable bonds is 19. The van der Waals surface area contributed by atoms with Crippen LogP contribution in [0.25, 0.3) is 44.0 Å². The molecule has 3 aromatic heterocycles. The molecule has 474 valence electrons. The monoisotopic (exact) mass is 1220 g/mol. The molecule has 0 saturated carbocycles. The van der Waals surface area contributed by atoms with Crippen molar-refractivity contribution in [3.05, 3.63) is 76.3 Å². The first-order valence-corrected chi connectivity index (χ1v) is 31.9. The summed E-state index contributed by atoms with van der Waals surface area (Å²) >= 11 is 0. The molecule has 6 fully saturated rings. The van der Waals surface area contributed by atoms with Gasteiger partial charge in [-0.1, -0.05) is 12.0 Å². The van der Waals surface area contributed by atoms with Crippen LogP contribution in [0.5, 0.6) is 11.8 Å². The molecule has 2 amide bonds. The fourth-order valence-corrected chi connectivity index (χ4v) is 15.3. The van der Waals surface area contributed by atoms with Gasteiger partial charge < -0.3 is 43.8 Å². The van der Waals surface area contributed by atoms with Crippen molar-refractivity contribution < 1.29 is 42.1 Å². The zero-order valence-electron chi connectivity index (χ0n) is 52.4. The lowest BCUT2D eigenvalue weighted by atomic mass is 9.95. The summed E-state index contributed by atoms with van der Waals surface area (Å²) in [5.41, 5.74) is 1.51. The topological polar surface area (TPSA) is 185 Å². The number of amides is 2. The number of ether oxygens (including phenoxy) is 4. The SMILES string of the molecule is C#Cc1c(F)ccc2cc(OCOC)cc(-c3ncc4c(N5CC6CCC(C5)N6C(=O)OC(C)(C)C)nc(OCC56CCCN5C(CN5CCN(CC7CCN(c8ccc9c(c8)n(C(C)C)c(=O)n9C(CCC=O)C(=O)NC)CC7)CC5)CC6)nc4c3F)c12. The number of piperazine rings is 2. The molecule has 6 aromatic rings. The summed E-state index contributed by atoms with van der Waals surface area (Å²) in [6.07, 6.45) is 16.0. The Kier molecular flexibility index (Phi) is 17.7. The smallest absolute Gasteiger partial charge is 0.410 e. The molecule has 89 heavy (non-hydrogen) atoms. The van der Waals surface area contributed by atoms with Crippen molar-refractivity contribution in [3.63, 3.8) is 0 Å². The highest BCUT2D eigenvalue weighted by Gasteiger charge is 2.51. The highest BCUT2D eigenvalue weighted by atomic mass is 19.1. The van der Waals surface area contributed by atoms with Crippen molar-refractivity contribution in [2.75, 3.05) is 109 Å². The fraction of sp³-hybridized carbons (Fsp3) is 0.567. The second-order valence-corrected chi connectivity index (χ2v) is 26.6. The molecular formula is C67H84F2N12O8. The molecule has 0 spiro atoms. The molecule has 6 saturated heterocycles. The van der Waals surface area contributed by atoms with E-state index in [9.17, 15) is 19.2 Å². The van der Waals surface area contributed by atoms with Crippen molar-refractivity contribution in [1.29, 1.82) is 0 Å². The molecule has 20 nitrogen and oxygen atoms in total. The van der Waals surface area contributed by atoms with E-state index in [1.165, 1.54) is 13.2 Å². The molecule has 3 aromatic carbocycles. The average Bonchev–Trinajstić information content (AvgIpc) is 1.85. The Morgan fingerprint density at radius 2 is 1.62 bits per heavy atom. The van der Waals surface area contributed by atoms with E-state index in [0.717, 1.165) is 128 Å². The lowest BCUT2D eigenvalue weighted by molar-refractivity contribution is -0.124. The van der Waals surface area contributed by atoms with E-state index in [0.29, 0.717) is 64.9 Å². The lowest BCUT2D eigenvalue weighted by Gasteiger charge is -2.42. The number of fused-ring (bicyclic) bond motifs is 6. The van der Waals surface area contributed by atoms with Crippen LogP contribution in [0.2, 0.25) is 0 Å². The minimum atomic E-state index is -0.782. The van der Waals surface area contributed by atoms with Gasteiger partial charge in [-0.15, -0.1) is 6.42 Å². The average molecular weight is 1220 g/mol. The number of carbonyl (C=O) groups is 3. The number of likely N-dealkylation sites (N-methyl/N-ethyl adjacent to an activating group) is 1. The molecule has 5 atom stereocenters. The number of carbonyl (C=O) groups excluding carboxylic acids is 3. The zero-order valence-corrected chi connectivity index (χ0v) is 52.4. The molecule has 0 aliphatic carbocycles. The number of terminal acetylenes is 1. The number of pyridine rings is 1. The lowest BCUT2D eigenvalue weighted by Crippen LogP contribution is -2.57. The molecule has 6 aliphatic rings. The Balaban J connectivity index is 0.722. The summed E-state index contributed by atoms with van der Waals surface area (Å²) < 4.78 is 60.4. The number of halogens is 2. The van der Waals surface area contributed by atoms with Crippen molar-refractivity contribution in [2.24, 2.45) is 5.92 Å². The standard InChI is InChI=1S/C67H84F2N12O8/c1-9-50-53(68)17-13-44-32-49(88-41-86-8)34-51(57(44)50)59-58(69)60-52(35-71-59)61(77-38-47-14-15-48(39-77)80(47)65(85)89-66(4,5)6)73-63(72-60)87-40-67-22-11-24-78(67)46(19-23-67)37-75-29-27-74(28-30-75)36-43-20-25-76(26-21-43)45-16-18-54-56(33-45)79(42(2)3)64(84)81(54)55(12-10-31-82)62(83)70-7/h1,13,16-18,31-35,42-43,46-48,55H,10-12,14-15,19-30,36-41H2,2-8H3,(H,70,83). The number of hydrogen-bond donors (Lipinski definition) is 1. The quantitative estimate of drug-likeness (QED) is 0.0462. The number of hydrogen-bond acceptors (Lipinski definition) is 16. The molecule has 22 heteroatoms. The highest BCUT2D eigenvalue weighted by Crippen LogP contribution is 2.45. The number of nitrogens with zero attached hydrogens (tertiary/aromatic N) is 11. The number of imidazole rings is 1.